The minimum Gasteiger partial charge on any atom is -0.478 e. The third-order valence-electron chi connectivity index (χ3n) is 5.45. The normalized spacial score (nSPS) is 16.7. The van der Waals surface area contributed by atoms with Gasteiger partial charge in [-0.15, -0.1) is 0 Å². The van der Waals surface area contributed by atoms with E-state index in [2.05, 4.69) is 0 Å². The molecule has 3 rings (SSSR count). The number of aryl methyl sites for hydroxylation is 1. The minimum absolute atomic E-state index is 0.00706. The van der Waals surface area contributed by atoms with E-state index in [0.29, 0.717) is 22.1 Å². The number of urea groups is 1. The number of aromatic carboxylic acids is 1. The first-order chi connectivity index (χ1) is 15.3. The Bertz CT molecular complexity index is 1050. The lowest BCUT2D eigenvalue weighted by molar-refractivity contribution is -0.168. The molecular weight excluding hydrogens is 454 g/mol. The molecule has 1 atom stereocenters. The van der Waals surface area contributed by atoms with Crippen molar-refractivity contribution in [3.8, 4) is 0 Å². The third kappa shape index (κ3) is 5.40. The van der Waals surface area contributed by atoms with Crippen molar-refractivity contribution in [2.75, 3.05) is 11.4 Å². The molecule has 0 aromatic heterocycles. The zero-order valence-electron chi connectivity index (χ0n) is 17.4. The summed E-state index contributed by atoms with van der Waals surface area (Å²) in [5, 5.41) is 9.18. The molecule has 5 nitrogen and oxygen atoms in total. The van der Waals surface area contributed by atoms with Crippen LogP contribution < -0.4 is 4.90 Å². The van der Waals surface area contributed by atoms with Crippen LogP contribution >= 0.6 is 0 Å². The molecule has 1 fully saturated rings. The Kier molecular flexibility index (Phi) is 6.62. The first kappa shape index (κ1) is 24.4. The fraction of sp³-hybridized carbons (Fsp3) is 0.364. The predicted octanol–water partition coefficient (Wildman–Crippen LogP) is 5.87. The second-order valence-corrected chi connectivity index (χ2v) is 7.76. The van der Waals surface area contributed by atoms with Crippen LogP contribution in [0.4, 0.5) is 36.8 Å². The number of carbonyl (C=O) groups is 2. The highest BCUT2D eigenvalue weighted by Crippen LogP contribution is 2.36. The Morgan fingerprint density at radius 2 is 1.79 bits per heavy atom. The molecule has 1 aliphatic heterocycles. The van der Waals surface area contributed by atoms with Crippen LogP contribution in [0.25, 0.3) is 0 Å². The highest BCUT2D eigenvalue weighted by molar-refractivity contribution is 5.93. The first-order valence-corrected chi connectivity index (χ1v) is 9.94. The van der Waals surface area contributed by atoms with Gasteiger partial charge in [0.25, 0.3) is 0 Å². The fourth-order valence-corrected chi connectivity index (χ4v) is 3.86. The maximum absolute atomic E-state index is 13.4. The van der Waals surface area contributed by atoms with Crippen LogP contribution in [0.15, 0.2) is 42.5 Å². The van der Waals surface area contributed by atoms with Crippen LogP contribution in [0, 0.1) is 6.92 Å². The molecule has 11 heteroatoms. The number of benzene rings is 2. The van der Waals surface area contributed by atoms with Crippen LogP contribution in [0.2, 0.25) is 0 Å². The van der Waals surface area contributed by atoms with E-state index in [9.17, 15) is 41.0 Å². The van der Waals surface area contributed by atoms with Crippen molar-refractivity contribution in [2.45, 2.75) is 44.7 Å². The van der Waals surface area contributed by atoms with E-state index in [1.165, 1.54) is 31.2 Å². The third-order valence-corrected chi connectivity index (χ3v) is 5.45. The monoisotopic (exact) mass is 474 g/mol. The number of hydrogen-bond donors (Lipinski definition) is 1. The van der Waals surface area contributed by atoms with Gasteiger partial charge in [0.1, 0.15) is 6.04 Å². The average Bonchev–Trinajstić information content (AvgIpc) is 3.21. The van der Waals surface area contributed by atoms with Gasteiger partial charge >= 0.3 is 24.4 Å². The zero-order valence-corrected chi connectivity index (χ0v) is 17.4. The van der Waals surface area contributed by atoms with Gasteiger partial charge in [0.2, 0.25) is 0 Å². The highest BCUT2D eigenvalue weighted by Gasteiger charge is 2.48. The van der Waals surface area contributed by atoms with Crippen LogP contribution in [0.1, 0.15) is 39.9 Å². The number of likely N-dealkylation sites (tertiary alicyclic amines) is 1. The lowest BCUT2D eigenvalue weighted by Gasteiger charge is -2.33. The molecule has 1 aliphatic rings. The number of hydrogen-bond acceptors (Lipinski definition) is 2. The minimum atomic E-state index is -4.72. The molecule has 0 aliphatic carbocycles. The fourth-order valence-electron chi connectivity index (χ4n) is 3.86. The molecule has 2 amide bonds. The van der Waals surface area contributed by atoms with Gasteiger partial charge in [-0.05, 0) is 55.2 Å². The molecule has 1 saturated heterocycles. The van der Waals surface area contributed by atoms with E-state index >= 15 is 0 Å². The summed E-state index contributed by atoms with van der Waals surface area (Å²) in [7, 11) is 0. The second kappa shape index (κ2) is 8.95. The summed E-state index contributed by atoms with van der Waals surface area (Å²) < 4.78 is 80.0. The van der Waals surface area contributed by atoms with Crippen molar-refractivity contribution >= 4 is 17.7 Å². The van der Waals surface area contributed by atoms with Gasteiger partial charge in [-0.1, -0.05) is 18.2 Å². The lowest BCUT2D eigenvalue weighted by Crippen LogP contribution is -2.50. The summed E-state index contributed by atoms with van der Waals surface area (Å²) in [6, 6.07) is 4.76. The Hall–Kier alpha value is -3.24. The van der Waals surface area contributed by atoms with Crippen LogP contribution in [-0.2, 0) is 12.7 Å². The molecule has 0 bridgehead atoms. The Labute approximate surface area is 185 Å². The number of rotatable bonds is 4. The lowest BCUT2D eigenvalue weighted by atomic mass is 10.0. The molecule has 2 aromatic rings. The van der Waals surface area contributed by atoms with Gasteiger partial charge in [0, 0.05) is 12.2 Å². The maximum Gasteiger partial charge on any atom is 0.416 e. The predicted molar refractivity (Wildman–Crippen MR) is 107 cm³/mol. The van der Waals surface area contributed by atoms with Gasteiger partial charge in [0.05, 0.1) is 17.7 Å². The summed E-state index contributed by atoms with van der Waals surface area (Å²) >= 11 is 0. The van der Waals surface area contributed by atoms with Crippen molar-refractivity contribution in [2.24, 2.45) is 0 Å². The molecule has 1 heterocycles. The topological polar surface area (TPSA) is 60.9 Å². The maximum atomic E-state index is 13.4. The summed E-state index contributed by atoms with van der Waals surface area (Å²) in [6.45, 7) is 0.973. The van der Waals surface area contributed by atoms with Crippen molar-refractivity contribution < 1.29 is 41.0 Å². The smallest absolute Gasteiger partial charge is 0.416 e. The number of nitrogens with zero attached hydrogens (tertiary/aromatic N) is 2. The number of amides is 2. The van der Waals surface area contributed by atoms with E-state index in [4.69, 9.17) is 0 Å². The molecule has 0 spiro atoms. The Morgan fingerprint density at radius 3 is 2.36 bits per heavy atom. The van der Waals surface area contributed by atoms with Gasteiger partial charge in [-0.3, -0.25) is 4.90 Å². The molecule has 33 heavy (non-hydrogen) atoms. The van der Waals surface area contributed by atoms with Crippen molar-refractivity contribution in [3.05, 3.63) is 64.7 Å². The van der Waals surface area contributed by atoms with E-state index in [-0.39, 0.29) is 37.2 Å². The molecule has 0 radical (unpaired) electrons. The molecule has 178 valence electrons. The quantitative estimate of drug-likeness (QED) is 0.565. The van der Waals surface area contributed by atoms with Crippen LogP contribution in [0.5, 0.6) is 0 Å². The Balaban J connectivity index is 2.03. The standard InChI is InChI=1S/C22H20F6N2O3/c1-13-10-14(7-8-17(13)19(31)32)12-30(16-5-2-4-15(11-16)21(23,24)25)20(33)29-9-3-6-18(29)22(26,27)28/h2,4-5,7-8,10-11,18H,3,6,9,12H2,1H3,(H,31,32)/t18-/m0/s1. The second-order valence-electron chi connectivity index (χ2n) is 7.76. The largest absolute Gasteiger partial charge is 0.478 e. The van der Waals surface area contributed by atoms with E-state index < -0.39 is 36.0 Å². The van der Waals surface area contributed by atoms with Crippen molar-refractivity contribution in [1.29, 1.82) is 0 Å². The molecule has 1 N–H and O–H groups in total. The number of carboxylic acid groups (broad SMARTS) is 1. The molecule has 0 saturated carbocycles. The molecule has 0 unspecified atom stereocenters. The number of halogens is 6. The van der Waals surface area contributed by atoms with Gasteiger partial charge < -0.3 is 10.0 Å². The highest BCUT2D eigenvalue weighted by atomic mass is 19.4. The first-order valence-electron chi connectivity index (χ1n) is 9.94. The van der Waals surface area contributed by atoms with Gasteiger partial charge in [-0.2, -0.15) is 26.3 Å². The van der Waals surface area contributed by atoms with E-state index in [1.807, 2.05) is 0 Å². The summed E-state index contributed by atoms with van der Waals surface area (Å²) in [6.07, 6.45) is -9.57. The number of alkyl halides is 6. The number of carbonyl (C=O) groups excluding carboxylic acids is 1. The summed E-state index contributed by atoms with van der Waals surface area (Å²) in [5.74, 6) is -1.19. The van der Waals surface area contributed by atoms with Crippen molar-refractivity contribution in [3.63, 3.8) is 0 Å². The zero-order chi connectivity index (χ0) is 24.6. The van der Waals surface area contributed by atoms with Gasteiger partial charge in [-0.25, -0.2) is 9.59 Å². The summed E-state index contributed by atoms with van der Waals surface area (Å²) in [5.41, 5.74) is -0.587. The molecular formula is C22H20F6N2O3. The average molecular weight is 474 g/mol. The SMILES string of the molecule is Cc1cc(CN(C(=O)N2CCC[C@H]2C(F)(F)F)c2cccc(C(F)(F)F)c2)ccc1C(=O)O. The number of anilines is 1. The number of carboxylic acids is 1. The van der Waals surface area contributed by atoms with E-state index in [0.717, 1.165) is 17.0 Å². The Morgan fingerprint density at radius 1 is 1.09 bits per heavy atom. The van der Waals surface area contributed by atoms with Crippen molar-refractivity contribution in [1.82, 2.24) is 4.90 Å². The molecule has 2 aromatic carbocycles. The van der Waals surface area contributed by atoms with Gasteiger partial charge in [0.15, 0.2) is 0 Å². The summed E-state index contributed by atoms with van der Waals surface area (Å²) in [4.78, 5) is 25.9. The van der Waals surface area contributed by atoms with E-state index in [1.54, 1.807) is 0 Å². The van der Waals surface area contributed by atoms with Crippen LogP contribution in [0.3, 0.4) is 0 Å². The van der Waals surface area contributed by atoms with Crippen LogP contribution in [-0.4, -0.2) is 40.8 Å².